The Labute approximate surface area is 167 Å². The van der Waals surface area contributed by atoms with Crippen LogP contribution in [0.5, 0.6) is 5.75 Å². The van der Waals surface area contributed by atoms with Gasteiger partial charge >= 0.3 is 10.1 Å². The van der Waals surface area contributed by atoms with Crippen molar-refractivity contribution in [3.63, 3.8) is 0 Å². The van der Waals surface area contributed by atoms with Gasteiger partial charge in [-0.2, -0.15) is 8.42 Å². The van der Waals surface area contributed by atoms with Crippen LogP contribution in [0.1, 0.15) is 52.0 Å². The van der Waals surface area contributed by atoms with E-state index in [-0.39, 0.29) is 27.9 Å². The molecule has 0 aromatic heterocycles. The molecule has 1 saturated carbocycles. The lowest BCUT2D eigenvalue weighted by molar-refractivity contribution is -0.119. The Morgan fingerprint density at radius 3 is 2.07 bits per heavy atom. The van der Waals surface area contributed by atoms with E-state index in [4.69, 9.17) is 4.18 Å². The van der Waals surface area contributed by atoms with Crippen molar-refractivity contribution in [3.05, 3.63) is 54.1 Å². The Morgan fingerprint density at radius 2 is 1.54 bits per heavy atom. The van der Waals surface area contributed by atoms with Crippen LogP contribution in [0.3, 0.4) is 0 Å². The minimum atomic E-state index is -3.91. The van der Waals surface area contributed by atoms with Gasteiger partial charge in [0.25, 0.3) is 0 Å². The lowest BCUT2D eigenvalue weighted by Gasteiger charge is -2.19. The maximum atomic E-state index is 12.5. The van der Waals surface area contributed by atoms with Crippen LogP contribution in [0.2, 0.25) is 0 Å². The average Bonchev–Trinajstić information content (AvgIpc) is 3.17. The predicted molar refractivity (Wildman–Crippen MR) is 110 cm³/mol. The first-order valence-corrected chi connectivity index (χ1v) is 11.0. The van der Waals surface area contributed by atoms with Crippen LogP contribution >= 0.6 is 0 Å². The molecule has 0 spiro atoms. The highest BCUT2D eigenvalue weighted by molar-refractivity contribution is 7.87. The highest BCUT2D eigenvalue weighted by Gasteiger charge is 2.23. The number of anilines is 1. The first-order chi connectivity index (χ1) is 13.1. The fourth-order valence-electron chi connectivity index (χ4n) is 3.32. The summed E-state index contributed by atoms with van der Waals surface area (Å²) in [4.78, 5) is 12.3. The van der Waals surface area contributed by atoms with Crippen LogP contribution in [0.25, 0.3) is 0 Å². The number of hydrogen-bond acceptors (Lipinski definition) is 4. The number of hydrogen-bond donors (Lipinski definition) is 1. The first kappa shape index (κ1) is 20.4. The van der Waals surface area contributed by atoms with Gasteiger partial charge in [0.05, 0.1) is 0 Å². The van der Waals surface area contributed by atoms with Gasteiger partial charge in [0.1, 0.15) is 10.6 Å². The van der Waals surface area contributed by atoms with Gasteiger partial charge in [0.15, 0.2) is 0 Å². The van der Waals surface area contributed by atoms with Crippen LogP contribution in [0.4, 0.5) is 5.69 Å². The van der Waals surface area contributed by atoms with Gasteiger partial charge < -0.3 is 9.50 Å². The molecule has 0 atom stereocenters. The highest BCUT2D eigenvalue weighted by Crippen LogP contribution is 2.27. The zero-order valence-corrected chi connectivity index (χ0v) is 17.4. The van der Waals surface area contributed by atoms with E-state index in [0.717, 1.165) is 31.2 Å². The van der Waals surface area contributed by atoms with Gasteiger partial charge in [-0.15, -0.1) is 0 Å². The van der Waals surface area contributed by atoms with E-state index in [1.54, 1.807) is 48.5 Å². The number of benzene rings is 2. The Kier molecular flexibility index (Phi) is 5.79. The third-order valence-electron chi connectivity index (χ3n) is 5.06. The Morgan fingerprint density at radius 1 is 0.964 bits per heavy atom. The molecule has 0 radical (unpaired) electrons. The third kappa shape index (κ3) is 4.93. The van der Waals surface area contributed by atoms with E-state index in [1.165, 1.54) is 0 Å². The third-order valence-corrected chi connectivity index (χ3v) is 6.32. The maximum absolute atomic E-state index is 12.5. The molecule has 1 amide bonds. The zero-order valence-electron chi connectivity index (χ0n) is 16.6. The molecule has 1 fully saturated rings. The largest absolute Gasteiger partial charge is 0.379 e. The molecule has 0 unspecified atom stereocenters. The molecule has 150 valence electrons. The smallest absolute Gasteiger partial charge is 0.339 e. The highest BCUT2D eigenvalue weighted by atomic mass is 32.2. The molecule has 5 nitrogen and oxygen atoms in total. The van der Waals surface area contributed by atoms with E-state index in [2.05, 4.69) is 26.1 Å². The first-order valence-electron chi connectivity index (χ1n) is 9.61. The summed E-state index contributed by atoms with van der Waals surface area (Å²) in [7, 11) is -3.91. The summed E-state index contributed by atoms with van der Waals surface area (Å²) in [6, 6.07) is 13.1. The SMILES string of the molecule is CC(C)(C)c1ccc(S(=O)(=O)Oc2ccc(NC(=O)C3CCCC3)cc2)cc1. The second-order valence-electron chi connectivity index (χ2n) is 8.31. The van der Waals surface area contributed by atoms with E-state index < -0.39 is 10.1 Å². The number of nitrogens with one attached hydrogen (secondary N) is 1. The van der Waals surface area contributed by atoms with Gasteiger partial charge in [-0.05, 0) is 60.2 Å². The van der Waals surface area contributed by atoms with Crippen LogP contribution < -0.4 is 9.50 Å². The van der Waals surface area contributed by atoms with Crippen molar-refractivity contribution in [2.45, 2.75) is 56.8 Å². The molecule has 2 aromatic rings. The van der Waals surface area contributed by atoms with Gasteiger partial charge in [-0.1, -0.05) is 45.7 Å². The Bertz CT molecular complexity index is 920. The standard InChI is InChI=1S/C22H27NO4S/c1-22(2,3)17-8-14-20(15-9-17)28(25,26)27-19-12-10-18(11-13-19)23-21(24)16-6-4-5-7-16/h8-16H,4-7H2,1-3H3,(H,23,24). The molecule has 6 heteroatoms. The average molecular weight is 402 g/mol. The molecule has 1 aliphatic rings. The van der Waals surface area contributed by atoms with E-state index in [0.29, 0.717) is 5.69 Å². The van der Waals surface area contributed by atoms with Crippen molar-refractivity contribution in [2.24, 2.45) is 5.92 Å². The molecule has 0 bridgehead atoms. The van der Waals surface area contributed by atoms with Crippen LogP contribution in [-0.2, 0) is 20.3 Å². The minimum Gasteiger partial charge on any atom is -0.379 e. The number of carbonyl (C=O) groups excluding carboxylic acids is 1. The van der Waals surface area contributed by atoms with Gasteiger partial charge in [-0.3, -0.25) is 4.79 Å². The minimum absolute atomic E-state index is 0.0257. The molecular formula is C22H27NO4S. The van der Waals surface area contributed by atoms with Gasteiger partial charge in [0.2, 0.25) is 5.91 Å². The second-order valence-corrected chi connectivity index (χ2v) is 9.85. The zero-order chi connectivity index (χ0) is 20.4. The number of carbonyl (C=O) groups is 1. The van der Waals surface area contributed by atoms with Crippen molar-refractivity contribution in [1.29, 1.82) is 0 Å². The van der Waals surface area contributed by atoms with Crippen molar-refractivity contribution in [2.75, 3.05) is 5.32 Å². The molecule has 3 rings (SSSR count). The summed E-state index contributed by atoms with van der Waals surface area (Å²) in [6.45, 7) is 6.21. The van der Waals surface area contributed by atoms with E-state index in [9.17, 15) is 13.2 Å². The van der Waals surface area contributed by atoms with Crippen molar-refractivity contribution < 1.29 is 17.4 Å². The molecule has 1 N–H and O–H groups in total. The van der Waals surface area contributed by atoms with Crippen molar-refractivity contribution in [1.82, 2.24) is 0 Å². The molecule has 0 aliphatic heterocycles. The number of amides is 1. The van der Waals surface area contributed by atoms with Crippen molar-refractivity contribution in [3.8, 4) is 5.75 Å². The molecule has 28 heavy (non-hydrogen) atoms. The van der Waals surface area contributed by atoms with Crippen LogP contribution in [0.15, 0.2) is 53.4 Å². The molecule has 1 aliphatic carbocycles. The molecular weight excluding hydrogens is 374 g/mol. The van der Waals surface area contributed by atoms with Gasteiger partial charge in [0, 0.05) is 11.6 Å². The topological polar surface area (TPSA) is 72.5 Å². The lowest BCUT2D eigenvalue weighted by atomic mass is 9.87. The fraction of sp³-hybridized carbons (Fsp3) is 0.409. The Balaban J connectivity index is 1.66. The van der Waals surface area contributed by atoms with E-state index >= 15 is 0 Å². The van der Waals surface area contributed by atoms with Crippen LogP contribution in [-0.4, -0.2) is 14.3 Å². The van der Waals surface area contributed by atoms with Crippen molar-refractivity contribution >= 4 is 21.7 Å². The Hall–Kier alpha value is -2.34. The summed E-state index contributed by atoms with van der Waals surface area (Å²) in [5.41, 5.74) is 1.63. The summed E-state index contributed by atoms with van der Waals surface area (Å²) in [5.74, 6) is 0.309. The summed E-state index contributed by atoms with van der Waals surface area (Å²) >= 11 is 0. The summed E-state index contributed by atoms with van der Waals surface area (Å²) in [5, 5.41) is 2.88. The molecule has 0 saturated heterocycles. The summed E-state index contributed by atoms with van der Waals surface area (Å²) in [6.07, 6.45) is 4.05. The number of rotatable bonds is 5. The normalized spacial score (nSPS) is 15.4. The molecule has 2 aromatic carbocycles. The second kappa shape index (κ2) is 7.95. The lowest BCUT2D eigenvalue weighted by Crippen LogP contribution is -2.20. The molecule has 0 heterocycles. The quantitative estimate of drug-likeness (QED) is 0.725. The van der Waals surface area contributed by atoms with Gasteiger partial charge in [-0.25, -0.2) is 0 Å². The van der Waals surface area contributed by atoms with Crippen LogP contribution in [0, 0.1) is 5.92 Å². The summed E-state index contributed by atoms with van der Waals surface area (Å²) < 4.78 is 30.2. The monoisotopic (exact) mass is 401 g/mol. The predicted octanol–water partition coefficient (Wildman–Crippen LogP) is 4.88. The maximum Gasteiger partial charge on any atom is 0.339 e. The van der Waals surface area contributed by atoms with E-state index in [1.807, 2.05) is 0 Å². The fourth-order valence-corrected chi connectivity index (χ4v) is 4.25.